The van der Waals surface area contributed by atoms with Gasteiger partial charge in [-0.1, -0.05) is 12.1 Å². The van der Waals surface area contributed by atoms with E-state index < -0.39 is 23.9 Å². The molecule has 0 saturated heterocycles. The van der Waals surface area contributed by atoms with Crippen LogP contribution >= 0.6 is 0 Å². The number of Topliss-reactive ketones (excluding diaryl/α,β-unsaturated/α-hetero) is 1. The summed E-state index contributed by atoms with van der Waals surface area (Å²) in [5.74, 6) is 0.851. The van der Waals surface area contributed by atoms with E-state index in [1.54, 1.807) is 50.2 Å². The Morgan fingerprint density at radius 2 is 1.77 bits per heavy atom. The van der Waals surface area contributed by atoms with Gasteiger partial charge in [-0.2, -0.15) is 0 Å². The zero-order valence-corrected chi connectivity index (χ0v) is 14.5. The number of aromatic hydroxyl groups is 1. The quantitative estimate of drug-likeness (QED) is 0.766. The summed E-state index contributed by atoms with van der Waals surface area (Å²) in [5.41, 5.74) is 0.435. The molecule has 0 bridgehead atoms. The van der Waals surface area contributed by atoms with E-state index in [0.717, 1.165) is 5.56 Å². The molecule has 0 aromatic heterocycles. The molecule has 0 amide bonds. The Bertz CT molecular complexity index is 865. The fourth-order valence-corrected chi connectivity index (χ4v) is 3.47. The van der Waals surface area contributed by atoms with Crippen LogP contribution in [-0.4, -0.2) is 32.8 Å². The molecule has 2 aromatic rings. The van der Waals surface area contributed by atoms with E-state index >= 15 is 0 Å². The lowest BCUT2D eigenvalue weighted by Gasteiger charge is -2.27. The van der Waals surface area contributed by atoms with Gasteiger partial charge in [-0.15, -0.1) is 0 Å². The molecule has 0 spiro atoms. The monoisotopic (exact) mass is 356 g/mol. The summed E-state index contributed by atoms with van der Waals surface area (Å²) < 4.78 is 11.7. The van der Waals surface area contributed by atoms with Gasteiger partial charge in [-0.05, 0) is 37.6 Å². The van der Waals surface area contributed by atoms with Gasteiger partial charge in [-0.25, -0.2) is 0 Å². The van der Waals surface area contributed by atoms with Crippen molar-refractivity contribution in [1.82, 2.24) is 0 Å². The molecular formula is C20H20O6. The predicted octanol–water partition coefficient (Wildman–Crippen LogP) is 2.66. The molecule has 0 aliphatic carbocycles. The normalized spacial score (nSPS) is 24.5. The van der Waals surface area contributed by atoms with Crippen LogP contribution in [-0.2, 0) is 0 Å². The van der Waals surface area contributed by atoms with E-state index in [9.17, 15) is 20.1 Å². The van der Waals surface area contributed by atoms with Gasteiger partial charge < -0.3 is 24.8 Å². The number of ether oxygens (including phenoxy) is 2. The molecule has 2 heterocycles. The van der Waals surface area contributed by atoms with Crippen molar-refractivity contribution < 1.29 is 29.6 Å². The third kappa shape index (κ3) is 2.71. The summed E-state index contributed by atoms with van der Waals surface area (Å²) in [6, 6.07) is 9.73. The van der Waals surface area contributed by atoms with Crippen LogP contribution in [0.25, 0.3) is 0 Å². The molecule has 0 unspecified atom stereocenters. The number of carbonyl (C=O) groups is 1. The van der Waals surface area contributed by atoms with Gasteiger partial charge in [0.25, 0.3) is 0 Å². The first-order valence-corrected chi connectivity index (χ1v) is 8.48. The molecule has 136 valence electrons. The number of hydrogen-bond donors (Lipinski definition) is 3. The van der Waals surface area contributed by atoms with Crippen molar-refractivity contribution in [3.05, 3.63) is 53.1 Å². The number of aliphatic hydroxyl groups excluding tert-OH is 1. The highest BCUT2D eigenvalue weighted by Gasteiger charge is 2.44. The number of ketones is 1. The predicted molar refractivity (Wildman–Crippen MR) is 92.5 cm³/mol. The van der Waals surface area contributed by atoms with E-state index in [0.29, 0.717) is 22.6 Å². The molecule has 26 heavy (non-hydrogen) atoms. The number of benzene rings is 2. The summed E-state index contributed by atoms with van der Waals surface area (Å²) in [7, 11) is 0. The van der Waals surface area contributed by atoms with Gasteiger partial charge in [0, 0.05) is 11.6 Å². The topological polar surface area (TPSA) is 96.2 Å². The van der Waals surface area contributed by atoms with Crippen molar-refractivity contribution in [2.75, 3.05) is 0 Å². The minimum absolute atomic E-state index is 0.0916. The Morgan fingerprint density at radius 3 is 2.42 bits per heavy atom. The van der Waals surface area contributed by atoms with Gasteiger partial charge in [0.15, 0.2) is 11.9 Å². The second-order valence-electron chi connectivity index (χ2n) is 7.35. The zero-order valence-electron chi connectivity index (χ0n) is 14.5. The highest BCUT2D eigenvalue weighted by atomic mass is 16.5. The van der Waals surface area contributed by atoms with Crippen molar-refractivity contribution >= 4 is 5.78 Å². The maximum atomic E-state index is 12.6. The Morgan fingerprint density at radius 1 is 1.08 bits per heavy atom. The number of phenols is 1. The van der Waals surface area contributed by atoms with Crippen LogP contribution < -0.4 is 9.47 Å². The maximum absolute atomic E-state index is 12.6. The summed E-state index contributed by atoms with van der Waals surface area (Å²) >= 11 is 0. The van der Waals surface area contributed by atoms with E-state index in [1.807, 2.05) is 0 Å². The van der Waals surface area contributed by atoms with Gasteiger partial charge >= 0.3 is 0 Å². The number of carbonyl (C=O) groups excluding carboxylic acids is 1. The minimum atomic E-state index is -1.24. The van der Waals surface area contributed by atoms with Crippen LogP contribution in [0.1, 0.15) is 54.0 Å². The number of fused-ring (bicyclic) bond motifs is 2. The van der Waals surface area contributed by atoms with Gasteiger partial charge in [0.05, 0.1) is 17.6 Å². The van der Waals surface area contributed by atoms with Crippen molar-refractivity contribution in [2.45, 2.75) is 44.2 Å². The van der Waals surface area contributed by atoms with Gasteiger partial charge in [0.2, 0.25) is 0 Å². The molecule has 0 saturated carbocycles. The summed E-state index contributed by atoms with van der Waals surface area (Å²) in [6.45, 7) is 3.13. The standard InChI is InChI=1S/C20H20O6/c1-20(2,24)19-18(23)13-7-12-14(22)8-15(10-3-5-11(21)6-4-10)25-16(12)9-17(13)26-19/h3-7,9,15,18-19,21,23-24H,8H2,1-2H3/t15-,18-,19-/m0/s1. The second-order valence-corrected chi connectivity index (χ2v) is 7.35. The van der Waals surface area contributed by atoms with Crippen LogP contribution in [0.15, 0.2) is 36.4 Å². The summed E-state index contributed by atoms with van der Waals surface area (Å²) in [5, 5.41) is 30.1. The van der Waals surface area contributed by atoms with Crippen molar-refractivity contribution in [1.29, 1.82) is 0 Å². The number of aliphatic hydroxyl groups is 2. The fraction of sp³-hybridized carbons (Fsp3) is 0.350. The average Bonchev–Trinajstić information content (AvgIpc) is 2.90. The molecule has 6 nitrogen and oxygen atoms in total. The van der Waals surface area contributed by atoms with Crippen LogP contribution in [0.4, 0.5) is 0 Å². The average molecular weight is 356 g/mol. The number of rotatable bonds is 2. The Labute approximate surface area is 150 Å². The minimum Gasteiger partial charge on any atom is -0.508 e. The highest BCUT2D eigenvalue weighted by molar-refractivity contribution is 6.00. The van der Waals surface area contributed by atoms with E-state index in [1.165, 1.54) is 0 Å². The van der Waals surface area contributed by atoms with E-state index in [4.69, 9.17) is 9.47 Å². The first-order valence-electron chi connectivity index (χ1n) is 8.48. The van der Waals surface area contributed by atoms with Crippen LogP contribution in [0.3, 0.4) is 0 Å². The number of phenolic OH excluding ortho intramolecular Hbond substituents is 1. The summed E-state index contributed by atoms with van der Waals surface area (Å²) in [6.07, 6.45) is -2.12. The lowest BCUT2D eigenvalue weighted by atomic mass is 9.91. The summed E-state index contributed by atoms with van der Waals surface area (Å²) in [4.78, 5) is 12.6. The highest BCUT2D eigenvalue weighted by Crippen LogP contribution is 2.46. The first kappa shape index (κ1) is 16.9. The SMILES string of the molecule is CC(C)(O)[C@H]1Oc2cc3c(cc2[C@@H]1O)C(=O)C[C@@H](c1ccc(O)cc1)O3. The van der Waals surface area contributed by atoms with E-state index in [-0.39, 0.29) is 18.0 Å². The molecule has 0 radical (unpaired) electrons. The van der Waals surface area contributed by atoms with Crippen LogP contribution in [0.5, 0.6) is 17.2 Å². The molecule has 2 aliphatic heterocycles. The lowest BCUT2D eigenvalue weighted by Crippen LogP contribution is -2.41. The maximum Gasteiger partial charge on any atom is 0.170 e. The third-order valence-corrected chi connectivity index (χ3v) is 4.87. The third-order valence-electron chi connectivity index (χ3n) is 4.87. The Hall–Kier alpha value is -2.57. The van der Waals surface area contributed by atoms with Crippen LogP contribution in [0, 0.1) is 0 Å². The van der Waals surface area contributed by atoms with Crippen LogP contribution in [0.2, 0.25) is 0 Å². The van der Waals surface area contributed by atoms with Crippen molar-refractivity contribution in [3.8, 4) is 17.2 Å². The molecule has 3 N–H and O–H groups in total. The first-order chi connectivity index (χ1) is 12.2. The fourth-order valence-electron chi connectivity index (χ4n) is 3.47. The molecule has 2 aromatic carbocycles. The van der Waals surface area contributed by atoms with Crippen molar-refractivity contribution in [3.63, 3.8) is 0 Å². The van der Waals surface area contributed by atoms with Crippen molar-refractivity contribution in [2.24, 2.45) is 0 Å². The molecule has 3 atom stereocenters. The van der Waals surface area contributed by atoms with Gasteiger partial charge in [-0.3, -0.25) is 4.79 Å². The molecule has 4 rings (SSSR count). The van der Waals surface area contributed by atoms with Gasteiger partial charge in [0.1, 0.15) is 29.5 Å². The lowest BCUT2D eigenvalue weighted by molar-refractivity contribution is -0.0763. The Kier molecular flexibility index (Phi) is 3.71. The molecular weight excluding hydrogens is 336 g/mol. The largest absolute Gasteiger partial charge is 0.508 e. The zero-order chi connectivity index (χ0) is 18.6. The molecule has 0 fully saturated rings. The smallest absolute Gasteiger partial charge is 0.170 e. The number of hydrogen-bond acceptors (Lipinski definition) is 6. The molecule has 6 heteroatoms. The second kappa shape index (κ2) is 5.72. The molecule has 2 aliphatic rings. The van der Waals surface area contributed by atoms with E-state index in [2.05, 4.69) is 0 Å². The Balaban J connectivity index is 1.68.